The summed E-state index contributed by atoms with van der Waals surface area (Å²) < 4.78 is 33.2. The smallest absolute Gasteiger partial charge is 0.339 e. The van der Waals surface area contributed by atoms with E-state index in [0.29, 0.717) is 18.8 Å². The summed E-state index contributed by atoms with van der Waals surface area (Å²) in [6.45, 7) is 2.56. The molecule has 1 atom stereocenters. The summed E-state index contributed by atoms with van der Waals surface area (Å²) >= 11 is 0. The third kappa shape index (κ3) is 5.64. The number of carbonyl (C=O) groups is 2. The largest absolute Gasteiger partial charge is 0.507 e. The molecule has 2 aromatic rings. The minimum Gasteiger partial charge on any atom is -0.507 e. The molecule has 0 saturated carbocycles. The number of aromatic carboxylic acids is 1. The maximum Gasteiger partial charge on any atom is 0.339 e. The Labute approximate surface area is 179 Å². The molecule has 0 radical (unpaired) electrons. The molecule has 2 aromatic carbocycles. The second-order valence-electron chi connectivity index (χ2n) is 7.09. The first kappa shape index (κ1) is 22.4. The van der Waals surface area contributed by atoms with Gasteiger partial charge >= 0.3 is 12.0 Å². The molecule has 10 nitrogen and oxygen atoms in total. The van der Waals surface area contributed by atoms with Gasteiger partial charge in [0.25, 0.3) is 10.0 Å². The molecule has 1 fully saturated rings. The molecule has 0 aliphatic carbocycles. The van der Waals surface area contributed by atoms with Gasteiger partial charge in [-0.2, -0.15) is 0 Å². The van der Waals surface area contributed by atoms with Crippen molar-refractivity contribution < 1.29 is 33.0 Å². The molecule has 0 aromatic heterocycles. The van der Waals surface area contributed by atoms with E-state index in [9.17, 15) is 23.1 Å². The maximum atomic E-state index is 12.7. The number of carboxylic acid groups (broad SMARTS) is 1. The molecule has 31 heavy (non-hydrogen) atoms. The summed E-state index contributed by atoms with van der Waals surface area (Å²) in [5.74, 6) is -1.96. The number of hydrogen-bond donors (Lipinski definition) is 5. The fraction of sp³-hybridized carbons (Fsp3) is 0.300. The second-order valence-corrected chi connectivity index (χ2v) is 8.74. The summed E-state index contributed by atoms with van der Waals surface area (Å²) in [7, 11) is -4.11. The number of aromatic hydroxyl groups is 1. The first-order chi connectivity index (χ1) is 14.7. The molecule has 5 N–H and O–H groups in total. The highest BCUT2D eigenvalue weighted by Gasteiger charge is 2.22. The Hall–Kier alpha value is -3.31. The number of phenols is 1. The van der Waals surface area contributed by atoms with Gasteiger partial charge in [-0.25, -0.2) is 18.0 Å². The van der Waals surface area contributed by atoms with Crippen LogP contribution in [0.25, 0.3) is 0 Å². The lowest BCUT2D eigenvalue weighted by Gasteiger charge is -2.13. The molecule has 1 heterocycles. The molecule has 2 amide bonds. The summed E-state index contributed by atoms with van der Waals surface area (Å²) in [5, 5.41) is 24.2. The molecule has 0 spiro atoms. The van der Waals surface area contributed by atoms with Gasteiger partial charge in [0.2, 0.25) is 0 Å². The Morgan fingerprint density at radius 1 is 1.16 bits per heavy atom. The third-order valence-corrected chi connectivity index (χ3v) is 6.25. The van der Waals surface area contributed by atoms with E-state index < -0.39 is 33.3 Å². The number of ether oxygens (including phenoxy) is 1. The quantitative estimate of drug-likeness (QED) is 0.435. The standard InChI is InChI=1S/C20H23N3O7S/c1-12-9-17(24)16(19(25)26)10-18(12)31(28,29)23-14-6-4-13(5-7-14)22-20(27)21-11-15-3-2-8-30-15/h4-7,9-10,15,23-24H,2-3,8,11H2,1H3,(H,25,26)(H2,21,22,27)/t15-/m1/s1. The van der Waals surface area contributed by atoms with Crippen LogP contribution in [0.4, 0.5) is 16.2 Å². The molecule has 1 aliphatic rings. The van der Waals surface area contributed by atoms with E-state index >= 15 is 0 Å². The van der Waals surface area contributed by atoms with Crippen LogP contribution in [0, 0.1) is 6.92 Å². The lowest BCUT2D eigenvalue weighted by atomic mass is 10.1. The highest BCUT2D eigenvalue weighted by atomic mass is 32.2. The summed E-state index contributed by atoms with van der Waals surface area (Å²) in [6, 6.07) is 7.56. The monoisotopic (exact) mass is 449 g/mol. The van der Waals surface area contributed by atoms with Crippen LogP contribution >= 0.6 is 0 Å². The number of carbonyl (C=O) groups excluding carboxylic acids is 1. The number of rotatable bonds is 7. The number of carboxylic acids is 1. The van der Waals surface area contributed by atoms with E-state index in [1.54, 1.807) is 0 Å². The van der Waals surface area contributed by atoms with Crippen LogP contribution in [0.15, 0.2) is 41.3 Å². The van der Waals surface area contributed by atoms with Crippen molar-refractivity contribution in [2.24, 2.45) is 0 Å². The van der Waals surface area contributed by atoms with Crippen LogP contribution in [0.2, 0.25) is 0 Å². The van der Waals surface area contributed by atoms with Gasteiger partial charge in [0, 0.05) is 24.5 Å². The molecule has 3 rings (SSSR count). The van der Waals surface area contributed by atoms with Crippen LogP contribution in [0.1, 0.15) is 28.8 Å². The number of hydrogen-bond acceptors (Lipinski definition) is 6. The van der Waals surface area contributed by atoms with E-state index in [0.717, 1.165) is 25.0 Å². The second kappa shape index (κ2) is 9.23. The maximum absolute atomic E-state index is 12.7. The molecule has 0 bridgehead atoms. The van der Waals surface area contributed by atoms with Gasteiger partial charge in [0.05, 0.1) is 11.0 Å². The fourth-order valence-corrected chi connectivity index (χ4v) is 4.46. The van der Waals surface area contributed by atoms with Gasteiger partial charge in [-0.15, -0.1) is 0 Å². The molecular weight excluding hydrogens is 426 g/mol. The number of anilines is 2. The van der Waals surface area contributed by atoms with Crippen molar-refractivity contribution in [1.82, 2.24) is 5.32 Å². The Balaban J connectivity index is 1.65. The van der Waals surface area contributed by atoms with Crippen LogP contribution < -0.4 is 15.4 Å². The average Bonchev–Trinajstić information content (AvgIpc) is 3.21. The first-order valence-corrected chi connectivity index (χ1v) is 11.0. The highest BCUT2D eigenvalue weighted by molar-refractivity contribution is 7.92. The minimum atomic E-state index is -4.11. The molecule has 1 saturated heterocycles. The van der Waals surface area contributed by atoms with E-state index in [1.165, 1.54) is 31.2 Å². The van der Waals surface area contributed by atoms with E-state index in [-0.39, 0.29) is 22.3 Å². The lowest BCUT2D eigenvalue weighted by Crippen LogP contribution is -2.35. The van der Waals surface area contributed by atoms with Gasteiger partial charge in [0.1, 0.15) is 11.3 Å². The summed E-state index contributed by atoms with van der Waals surface area (Å²) in [6.07, 6.45) is 1.91. The number of aryl methyl sites for hydroxylation is 1. The van der Waals surface area contributed by atoms with Crippen molar-refractivity contribution in [3.63, 3.8) is 0 Å². The summed E-state index contributed by atoms with van der Waals surface area (Å²) in [5.41, 5.74) is 0.354. The van der Waals surface area contributed by atoms with Crippen LogP contribution in [-0.4, -0.2) is 49.9 Å². The van der Waals surface area contributed by atoms with Crippen molar-refractivity contribution in [3.05, 3.63) is 47.5 Å². The van der Waals surface area contributed by atoms with Crippen molar-refractivity contribution in [2.75, 3.05) is 23.2 Å². The molecule has 166 valence electrons. The number of benzene rings is 2. The molecule has 0 unspecified atom stereocenters. The predicted molar refractivity (Wildman–Crippen MR) is 113 cm³/mol. The normalized spacial score (nSPS) is 16.0. The lowest BCUT2D eigenvalue weighted by molar-refractivity contribution is 0.0693. The number of sulfonamides is 1. The Kier molecular flexibility index (Phi) is 6.66. The van der Waals surface area contributed by atoms with E-state index in [2.05, 4.69) is 15.4 Å². The topological polar surface area (TPSA) is 154 Å². The van der Waals surface area contributed by atoms with Crippen LogP contribution in [0.3, 0.4) is 0 Å². The Bertz CT molecular complexity index is 1080. The van der Waals surface area contributed by atoms with Crippen LogP contribution in [-0.2, 0) is 14.8 Å². The minimum absolute atomic E-state index is 0.0209. The van der Waals surface area contributed by atoms with Gasteiger partial charge in [-0.1, -0.05) is 0 Å². The number of urea groups is 1. The fourth-order valence-electron chi connectivity index (χ4n) is 3.15. The van der Waals surface area contributed by atoms with Gasteiger partial charge < -0.3 is 25.6 Å². The van der Waals surface area contributed by atoms with Gasteiger partial charge in [-0.3, -0.25) is 4.72 Å². The zero-order valence-corrected chi connectivity index (χ0v) is 17.5. The molecule has 11 heteroatoms. The predicted octanol–water partition coefficient (Wildman–Crippen LogP) is 2.50. The number of nitrogens with one attached hydrogen (secondary N) is 3. The van der Waals surface area contributed by atoms with Gasteiger partial charge in [0.15, 0.2) is 0 Å². The average molecular weight is 449 g/mol. The van der Waals surface area contributed by atoms with Crippen molar-refractivity contribution in [2.45, 2.75) is 30.8 Å². The Morgan fingerprint density at radius 3 is 2.45 bits per heavy atom. The zero-order chi connectivity index (χ0) is 22.6. The highest BCUT2D eigenvalue weighted by Crippen LogP contribution is 2.27. The SMILES string of the molecule is Cc1cc(O)c(C(=O)O)cc1S(=O)(=O)Nc1ccc(NC(=O)NC[C@H]2CCCO2)cc1. The van der Waals surface area contributed by atoms with Gasteiger partial charge in [-0.05, 0) is 61.7 Å². The van der Waals surface area contributed by atoms with Crippen molar-refractivity contribution in [3.8, 4) is 5.75 Å². The Morgan fingerprint density at radius 2 is 1.84 bits per heavy atom. The van der Waals surface area contributed by atoms with E-state index in [1.807, 2.05) is 0 Å². The summed E-state index contributed by atoms with van der Waals surface area (Å²) in [4.78, 5) is 22.9. The van der Waals surface area contributed by atoms with Crippen molar-refractivity contribution in [1.29, 1.82) is 0 Å². The van der Waals surface area contributed by atoms with Crippen molar-refractivity contribution >= 4 is 33.4 Å². The number of amides is 2. The zero-order valence-electron chi connectivity index (χ0n) is 16.7. The van der Waals surface area contributed by atoms with E-state index in [4.69, 9.17) is 9.84 Å². The first-order valence-electron chi connectivity index (χ1n) is 9.52. The molecule has 1 aliphatic heterocycles. The van der Waals surface area contributed by atoms with Crippen LogP contribution in [0.5, 0.6) is 5.75 Å². The third-order valence-electron chi connectivity index (χ3n) is 4.72. The molecular formula is C20H23N3O7S.